The number of carbonyl (C=O) groups is 1. The number of piperidine rings is 1. The molecule has 4 rings (SSSR count). The molecule has 25 heavy (non-hydrogen) atoms. The van der Waals surface area contributed by atoms with Crippen LogP contribution >= 0.6 is 11.3 Å². The van der Waals surface area contributed by atoms with Crippen LogP contribution in [0.1, 0.15) is 47.3 Å². The summed E-state index contributed by atoms with van der Waals surface area (Å²) >= 11 is 1.49. The van der Waals surface area contributed by atoms with Crippen molar-refractivity contribution in [3.63, 3.8) is 0 Å². The number of likely N-dealkylation sites (tertiary alicyclic amines) is 2. The quantitative estimate of drug-likeness (QED) is 0.842. The molecule has 0 unspecified atom stereocenters. The second-order valence-electron chi connectivity index (χ2n) is 7.38. The number of nitrogens with zero attached hydrogens (tertiary/aromatic N) is 3. The fourth-order valence-corrected chi connectivity index (χ4v) is 4.99. The number of rotatable bonds is 3. The summed E-state index contributed by atoms with van der Waals surface area (Å²) in [5.41, 5.74) is 5.26. The SMILES string of the molecule is Cc1ccccc1CN1CCC[C@@]12CCCN(C(=O)c1cscn1)C2. The van der Waals surface area contributed by atoms with Gasteiger partial charge in [0.2, 0.25) is 0 Å². The predicted octanol–water partition coefficient (Wildman–Crippen LogP) is 3.72. The molecule has 1 atom stereocenters. The lowest BCUT2D eigenvalue weighted by molar-refractivity contribution is 0.0292. The Bertz CT molecular complexity index is 745. The van der Waals surface area contributed by atoms with Crippen LogP contribution in [0.2, 0.25) is 0 Å². The first-order chi connectivity index (χ1) is 12.2. The minimum Gasteiger partial charge on any atom is -0.335 e. The fourth-order valence-electron chi connectivity index (χ4n) is 4.46. The lowest BCUT2D eigenvalue weighted by Gasteiger charge is -2.46. The second-order valence-corrected chi connectivity index (χ2v) is 8.10. The van der Waals surface area contributed by atoms with E-state index in [0.717, 1.165) is 32.6 Å². The average Bonchev–Trinajstić information content (AvgIpc) is 3.28. The van der Waals surface area contributed by atoms with Gasteiger partial charge in [-0.3, -0.25) is 9.69 Å². The van der Waals surface area contributed by atoms with Gasteiger partial charge in [0, 0.05) is 30.6 Å². The van der Waals surface area contributed by atoms with E-state index in [9.17, 15) is 4.79 Å². The molecule has 5 heteroatoms. The number of hydrogen-bond donors (Lipinski definition) is 0. The van der Waals surface area contributed by atoms with Gasteiger partial charge < -0.3 is 4.90 Å². The molecule has 2 aliphatic heterocycles. The van der Waals surface area contributed by atoms with Crippen molar-refractivity contribution in [3.8, 4) is 0 Å². The molecule has 2 fully saturated rings. The first-order valence-electron chi connectivity index (χ1n) is 9.15. The highest BCUT2D eigenvalue weighted by atomic mass is 32.1. The summed E-state index contributed by atoms with van der Waals surface area (Å²) in [6.07, 6.45) is 4.70. The third-order valence-electron chi connectivity index (χ3n) is 5.86. The van der Waals surface area contributed by atoms with Gasteiger partial charge in [-0.25, -0.2) is 4.98 Å². The van der Waals surface area contributed by atoms with Gasteiger partial charge in [-0.2, -0.15) is 0 Å². The predicted molar refractivity (Wildman–Crippen MR) is 101 cm³/mol. The fraction of sp³-hybridized carbons (Fsp3) is 0.500. The van der Waals surface area contributed by atoms with Crippen LogP contribution in [-0.2, 0) is 6.54 Å². The van der Waals surface area contributed by atoms with E-state index in [1.54, 1.807) is 5.51 Å². The highest BCUT2D eigenvalue weighted by molar-refractivity contribution is 7.07. The third-order valence-corrected chi connectivity index (χ3v) is 6.44. The Kier molecular flexibility index (Phi) is 4.61. The van der Waals surface area contributed by atoms with E-state index in [0.29, 0.717) is 5.69 Å². The van der Waals surface area contributed by atoms with E-state index in [-0.39, 0.29) is 11.4 Å². The molecule has 0 aliphatic carbocycles. The van der Waals surface area contributed by atoms with Crippen LogP contribution in [0.4, 0.5) is 0 Å². The third kappa shape index (κ3) is 3.23. The van der Waals surface area contributed by atoms with Crippen LogP contribution in [-0.4, -0.2) is 45.9 Å². The van der Waals surface area contributed by atoms with Crippen LogP contribution in [0.25, 0.3) is 0 Å². The van der Waals surface area contributed by atoms with Crippen LogP contribution in [0, 0.1) is 6.92 Å². The Morgan fingerprint density at radius 1 is 1.24 bits per heavy atom. The summed E-state index contributed by atoms with van der Waals surface area (Å²) in [7, 11) is 0. The van der Waals surface area contributed by atoms with Gasteiger partial charge in [0.05, 0.1) is 5.51 Å². The minimum absolute atomic E-state index is 0.100. The van der Waals surface area contributed by atoms with Crippen LogP contribution < -0.4 is 0 Å². The molecular formula is C20H25N3OS. The normalized spacial score (nSPS) is 24.1. The van der Waals surface area contributed by atoms with Crippen molar-refractivity contribution in [1.29, 1.82) is 0 Å². The smallest absolute Gasteiger partial charge is 0.273 e. The van der Waals surface area contributed by atoms with Gasteiger partial charge in [-0.1, -0.05) is 24.3 Å². The molecule has 3 heterocycles. The molecule has 0 radical (unpaired) electrons. The van der Waals surface area contributed by atoms with Crippen molar-refractivity contribution in [2.45, 2.75) is 44.7 Å². The Hall–Kier alpha value is -1.72. The summed E-state index contributed by atoms with van der Waals surface area (Å²) in [4.78, 5) is 21.7. The van der Waals surface area contributed by atoms with Crippen molar-refractivity contribution >= 4 is 17.2 Å². The first-order valence-corrected chi connectivity index (χ1v) is 10.1. The zero-order chi connectivity index (χ0) is 17.3. The number of aromatic nitrogens is 1. The van der Waals surface area contributed by atoms with Gasteiger partial charge >= 0.3 is 0 Å². The van der Waals surface area contributed by atoms with Crippen LogP contribution in [0.15, 0.2) is 35.2 Å². The molecule has 2 saturated heterocycles. The molecule has 1 spiro atoms. The summed E-state index contributed by atoms with van der Waals surface area (Å²) < 4.78 is 0. The Balaban J connectivity index is 1.53. The maximum absolute atomic E-state index is 12.8. The van der Waals surface area contributed by atoms with Gasteiger partial charge in [-0.05, 0) is 50.3 Å². The van der Waals surface area contributed by atoms with Crippen molar-refractivity contribution in [1.82, 2.24) is 14.8 Å². The largest absolute Gasteiger partial charge is 0.335 e. The van der Waals surface area contributed by atoms with E-state index < -0.39 is 0 Å². The molecule has 1 aromatic heterocycles. The summed E-state index contributed by atoms with van der Waals surface area (Å²) in [6.45, 7) is 6.01. The summed E-state index contributed by atoms with van der Waals surface area (Å²) in [5.74, 6) is 0.100. The maximum atomic E-state index is 12.8. The van der Waals surface area contributed by atoms with E-state index in [2.05, 4.69) is 41.1 Å². The van der Waals surface area contributed by atoms with Gasteiger partial charge in [0.25, 0.3) is 5.91 Å². The van der Waals surface area contributed by atoms with Crippen molar-refractivity contribution < 1.29 is 4.79 Å². The molecule has 0 bridgehead atoms. The highest BCUT2D eigenvalue weighted by Crippen LogP contribution is 2.38. The molecule has 0 saturated carbocycles. The van der Waals surface area contributed by atoms with E-state index in [1.807, 2.05) is 10.3 Å². The number of carbonyl (C=O) groups excluding carboxylic acids is 1. The van der Waals surface area contributed by atoms with Gasteiger partial charge in [-0.15, -0.1) is 11.3 Å². The number of hydrogen-bond acceptors (Lipinski definition) is 4. The molecule has 1 amide bonds. The monoisotopic (exact) mass is 355 g/mol. The van der Waals surface area contributed by atoms with Gasteiger partial charge in [0.15, 0.2) is 0 Å². The zero-order valence-corrected chi connectivity index (χ0v) is 15.6. The Labute approximate surface area is 153 Å². The average molecular weight is 356 g/mol. The first kappa shape index (κ1) is 16.7. The number of thiazole rings is 1. The van der Waals surface area contributed by atoms with Crippen molar-refractivity contribution in [2.75, 3.05) is 19.6 Å². The van der Waals surface area contributed by atoms with Gasteiger partial charge in [0.1, 0.15) is 5.69 Å². The molecular weight excluding hydrogens is 330 g/mol. The number of amides is 1. The van der Waals surface area contributed by atoms with E-state index in [1.165, 1.54) is 41.7 Å². The highest BCUT2D eigenvalue weighted by Gasteiger charge is 2.45. The van der Waals surface area contributed by atoms with Crippen LogP contribution in [0.3, 0.4) is 0 Å². The topological polar surface area (TPSA) is 36.4 Å². The lowest BCUT2D eigenvalue weighted by Crippen LogP contribution is -2.56. The molecule has 0 N–H and O–H groups in total. The Morgan fingerprint density at radius 3 is 2.80 bits per heavy atom. The summed E-state index contributed by atoms with van der Waals surface area (Å²) in [6, 6.07) is 8.66. The Morgan fingerprint density at radius 2 is 2.04 bits per heavy atom. The van der Waals surface area contributed by atoms with Crippen molar-refractivity contribution in [2.24, 2.45) is 0 Å². The zero-order valence-electron chi connectivity index (χ0n) is 14.8. The molecule has 1 aromatic carbocycles. The molecule has 2 aliphatic rings. The molecule has 2 aromatic rings. The minimum atomic E-state index is 0.100. The summed E-state index contributed by atoms with van der Waals surface area (Å²) in [5, 5.41) is 1.86. The standard InChI is InChI=1S/C20H25N3OS/c1-16-6-2-3-7-17(16)12-23-11-5-9-20(23)8-4-10-22(14-20)19(24)18-13-25-15-21-18/h2-3,6-7,13,15H,4-5,8-12,14H2,1H3/t20-/m1/s1. The maximum Gasteiger partial charge on any atom is 0.273 e. The van der Waals surface area contributed by atoms with Crippen molar-refractivity contribution in [3.05, 3.63) is 52.0 Å². The lowest BCUT2D eigenvalue weighted by atomic mass is 9.86. The second kappa shape index (κ2) is 6.89. The molecule has 132 valence electrons. The van der Waals surface area contributed by atoms with E-state index >= 15 is 0 Å². The van der Waals surface area contributed by atoms with E-state index in [4.69, 9.17) is 0 Å². The number of benzene rings is 1. The number of aryl methyl sites for hydroxylation is 1. The van der Waals surface area contributed by atoms with Crippen LogP contribution in [0.5, 0.6) is 0 Å². The molecule has 4 nitrogen and oxygen atoms in total.